The van der Waals surface area contributed by atoms with Crippen LogP contribution >= 0.6 is 0 Å². The molecule has 2 rings (SSSR count). The molecular weight excluding hydrogens is 234 g/mol. The number of hydrogen-bond acceptors (Lipinski definition) is 1. The molecular formula is C15H12F2O. The second-order valence-electron chi connectivity index (χ2n) is 4.36. The molecule has 0 radical (unpaired) electrons. The zero-order valence-corrected chi connectivity index (χ0v) is 10.1. The van der Waals surface area contributed by atoms with E-state index in [1.807, 2.05) is 0 Å². The minimum Gasteiger partial charge on any atom is -0.289 e. The molecule has 0 aliphatic rings. The summed E-state index contributed by atoms with van der Waals surface area (Å²) in [5, 5.41) is 0. The number of hydrogen-bond donors (Lipinski definition) is 0. The van der Waals surface area contributed by atoms with E-state index in [2.05, 4.69) is 0 Å². The van der Waals surface area contributed by atoms with Crippen molar-refractivity contribution in [2.45, 2.75) is 13.8 Å². The molecule has 3 heteroatoms. The maximum absolute atomic E-state index is 13.2. The van der Waals surface area contributed by atoms with E-state index >= 15 is 0 Å². The first kappa shape index (κ1) is 12.4. The molecule has 1 nitrogen and oxygen atoms in total. The fraction of sp³-hybridized carbons (Fsp3) is 0.133. The van der Waals surface area contributed by atoms with Gasteiger partial charge in [-0.05, 0) is 61.4 Å². The maximum Gasteiger partial charge on any atom is 0.193 e. The van der Waals surface area contributed by atoms with E-state index in [-0.39, 0.29) is 16.9 Å². The summed E-state index contributed by atoms with van der Waals surface area (Å²) < 4.78 is 26.5. The zero-order valence-electron chi connectivity index (χ0n) is 10.1. The Hall–Kier alpha value is -2.03. The van der Waals surface area contributed by atoms with Crippen LogP contribution in [0.15, 0.2) is 36.4 Å². The van der Waals surface area contributed by atoms with Crippen molar-refractivity contribution in [3.8, 4) is 0 Å². The van der Waals surface area contributed by atoms with E-state index in [1.54, 1.807) is 26.0 Å². The summed E-state index contributed by atoms with van der Waals surface area (Å²) in [6.07, 6.45) is 0. The van der Waals surface area contributed by atoms with Crippen molar-refractivity contribution >= 4 is 5.78 Å². The van der Waals surface area contributed by atoms with E-state index in [0.717, 1.165) is 12.1 Å². The predicted octanol–water partition coefficient (Wildman–Crippen LogP) is 3.81. The van der Waals surface area contributed by atoms with Crippen LogP contribution in [-0.4, -0.2) is 5.78 Å². The minimum atomic E-state index is -0.466. The van der Waals surface area contributed by atoms with Crippen LogP contribution < -0.4 is 0 Å². The quantitative estimate of drug-likeness (QED) is 0.736. The lowest BCUT2D eigenvalue weighted by Crippen LogP contribution is -2.03. The Morgan fingerprint density at radius 1 is 0.778 bits per heavy atom. The van der Waals surface area contributed by atoms with Gasteiger partial charge in [0, 0.05) is 11.1 Å². The third-order valence-electron chi connectivity index (χ3n) is 2.61. The third-order valence-corrected chi connectivity index (χ3v) is 2.61. The highest BCUT2D eigenvalue weighted by atomic mass is 19.1. The second-order valence-corrected chi connectivity index (χ2v) is 4.36. The highest BCUT2D eigenvalue weighted by Crippen LogP contribution is 2.16. The number of benzene rings is 2. The summed E-state index contributed by atoms with van der Waals surface area (Å²) in [6, 6.07) is 8.18. The molecule has 0 saturated heterocycles. The van der Waals surface area contributed by atoms with Gasteiger partial charge >= 0.3 is 0 Å². The van der Waals surface area contributed by atoms with Gasteiger partial charge in [-0.3, -0.25) is 4.79 Å². The average Bonchev–Trinajstić information content (AvgIpc) is 2.25. The van der Waals surface area contributed by atoms with Gasteiger partial charge in [-0.25, -0.2) is 8.78 Å². The first-order valence-electron chi connectivity index (χ1n) is 5.55. The van der Waals surface area contributed by atoms with Gasteiger partial charge < -0.3 is 0 Å². The van der Waals surface area contributed by atoms with Crippen LogP contribution in [0.25, 0.3) is 0 Å². The summed E-state index contributed by atoms with van der Waals surface area (Å²) in [5.74, 6) is -1.31. The summed E-state index contributed by atoms with van der Waals surface area (Å²) in [7, 11) is 0. The van der Waals surface area contributed by atoms with Crippen LogP contribution in [0.5, 0.6) is 0 Å². The van der Waals surface area contributed by atoms with Gasteiger partial charge in [-0.15, -0.1) is 0 Å². The van der Waals surface area contributed by atoms with Crippen molar-refractivity contribution in [2.24, 2.45) is 0 Å². The smallest absolute Gasteiger partial charge is 0.193 e. The summed E-state index contributed by atoms with van der Waals surface area (Å²) in [4.78, 5) is 12.1. The van der Waals surface area contributed by atoms with Gasteiger partial charge in [0.25, 0.3) is 0 Å². The van der Waals surface area contributed by atoms with Crippen LogP contribution in [0.1, 0.15) is 27.0 Å². The standard InChI is InChI=1S/C15H12F2O/c1-9-3-11(7-13(16)5-9)15(18)12-4-10(2)6-14(17)8-12/h3-8H,1-2H3. The summed E-state index contributed by atoms with van der Waals surface area (Å²) >= 11 is 0. The van der Waals surface area contributed by atoms with Crippen molar-refractivity contribution in [3.63, 3.8) is 0 Å². The topological polar surface area (TPSA) is 17.1 Å². The molecule has 18 heavy (non-hydrogen) atoms. The molecule has 0 spiro atoms. The van der Waals surface area contributed by atoms with Crippen LogP contribution in [-0.2, 0) is 0 Å². The monoisotopic (exact) mass is 246 g/mol. The molecule has 92 valence electrons. The zero-order chi connectivity index (χ0) is 13.3. The Morgan fingerprint density at radius 3 is 1.50 bits per heavy atom. The van der Waals surface area contributed by atoms with Gasteiger partial charge in [-0.1, -0.05) is 0 Å². The van der Waals surface area contributed by atoms with Crippen molar-refractivity contribution in [1.82, 2.24) is 0 Å². The van der Waals surface area contributed by atoms with Gasteiger partial charge in [-0.2, -0.15) is 0 Å². The normalized spacial score (nSPS) is 10.4. The molecule has 0 aliphatic heterocycles. The molecule has 0 N–H and O–H groups in total. The number of ketones is 1. The van der Waals surface area contributed by atoms with Crippen molar-refractivity contribution in [1.29, 1.82) is 0 Å². The number of halogens is 2. The lowest BCUT2D eigenvalue weighted by Gasteiger charge is -2.04. The van der Waals surface area contributed by atoms with Gasteiger partial charge in [0.15, 0.2) is 5.78 Å². The number of carbonyl (C=O) groups excluding carboxylic acids is 1. The fourth-order valence-electron chi connectivity index (χ4n) is 1.90. The minimum absolute atomic E-state index is 0.234. The Balaban J connectivity index is 2.47. The Labute approximate surface area is 104 Å². The summed E-state index contributed by atoms with van der Waals surface area (Å²) in [6.45, 7) is 3.41. The molecule has 0 unspecified atom stereocenters. The largest absolute Gasteiger partial charge is 0.289 e. The van der Waals surface area contributed by atoms with E-state index in [4.69, 9.17) is 0 Å². The van der Waals surface area contributed by atoms with Crippen LogP contribution in [0.3, 0.4) is 0 Å². The van der Waals surface area contributed by atoms with E-state index in [9.17, 15) is 13.6 Å². The summed E-state index contributed by atoms with van der Waals surface area (Å²) in [5.41, 5.74) is 1.79. The van der Waals surface area contributed by atoms with Crippen LogP contribution in [0.2, 0.25) is 0 Å². The van der Waals surface area contributed by atoms with E-state index < -0.39 is 11.6 Å². The Kier molecular flexibility index (Phi) is 3.24. The molecule has 2 aromatic rings. The van der Waals surface area contributed by atoms with Gasteiger partial charge in [0.2, 0.25) is 0 Å². The highest BCUT2D eigenvalue weighted by Gasteiger charge is 2.12. The molecule has 2 aromatic carbocycles. The Morgan fingerprint density at radius 2 is 1.17 bits per heavy atom. The first-order valence-corrected chi connectivity index (χ1v) is 5.55. The molecule has 0 heterocycles. The van der Waals surface area contributed by atoms with Gasteiger partial charge in [0.1, 0.15) is 11.6 Å². The average molecular weight is 246 g/mol. The number of aryl methyl sites for hydroxylation is 2. The molecule has 0 atom stereocenters. The number of rotatable bonds is 2. The first-order chi connectivity index (χ1) is 8.45. The highest BCUT2D eigenvalue weighted by molar-refractivity contribution is 6.09. The molecule has 0 amide bonds. The maximum atomic E-state index is 13.2. The van der Waals surface area contributed by atoms with Gasteiger partial charge in [0.05, 0.1) is 0 Å². The van der Waals surface area contributed by atoms with Crippen LogP contribution in [0.4, 0.5) is 8.78 Å². The molecule has 0 aromatic heterocycles. The number of carbonyl (C=O) groups is 1. The molecule has 0 bridgehead atoms. The van der Waals surface area contributed by atoms with Crippen molar-refractivity contribution in [2.75, 3.05) is 0 Å². The Bertz CT molecular complexity index is 524. The predicted molar refractivity (Wildman–Crippen MR) is 65.7 cm³/mol. The lowest BCUT2D eigenvalue weighted by molar-refractivity contribution is 0.103. The second kappa shape index (κ2) is 4.69. The van der Waals surface area contributed by atoms with Crippen LogP contribution in [0, 0.1) is 25.5 Å². The molecule has 0 aliphatic carbocycles. The third kappa shape index (κ3) is 2.62. The fourth-order valence-corrected chi connectivity index (χ4v) is 1.90. The lowest BCUT2D eigenvalue weighted by atomic mass is 10.00. The van der Waals surface area contributed by atoms with Crippen molar-refractivity contribution in [3.05, 3.63) is 70.3 Å². The molecule has 0 fully saturated rings. The SMILES string of the molecule is Cc1cc(F)cc(C(=O)c2cc(C)cc(F)c2)c1. The van der Waals surface area contributed by atoms with Crippen molar-refractivity contribution < 1.29 is 13.6 Å². The molecule has 0 saturated carbocycles. The van der Waals surface area contributed by atoms with E-state index in [1.165, 1.54) is 12.1 Å². The van der Waals surface area contributed by atoms with E-state index in [0.29, 0.717) is 11.1 Å².